The Morgan fingerprint density at radius 1 is 1.29 bits per heavy atom. The molecule has 0 spiro atoms. The van der Waals surface area contributed by atoms with Gasteiger partial charge in [-0.3, -0.25) is 4.79 Å². The highest BCUT2D eigenvalue weighted by molar-refractivity contribution is 14.1. The maximum Gasteiger partial charge on any atom is 0.247 e. The molecule has 0 aromatic heterocycles. The summed E-state index contributed by atoms with van der Waals surface area (Å²) in [6.45, 7) is 11.4. The van der Waals surface area contributed by atoms with Crippen LogP contribution in [0, 0.1) is 5.41 Å². The van der Waals surface area contributed by atoms with Crippen molar-refractivity contribution in [2.45, 2.75) is 43.4 Å². The van der Waals surface area contributed by atoms with Crippen molar-refractivity contribution in [2.75, 3.05) is 19.3 Å². The van der Waals surface area contributed by atoms with E-state index in [1.165, 1.54) is 0 Å². The van der Waals surface area contributed by atoms with E-state index in [1.807, 2.05) is 7.05 Å². The molecule has 0 bridgehead atoms. The lowest BCUT2D eigenvalue weighted by Crippen LogP contribution is -2.44. The molecule has 0 aliphatic heterocycles. The second-order valence-electron chi connectivity index (χ2n) is 5.98. The molecule has 0 saturated carbocycles. The molecule has 0 fully saturated rings. The van der Waals surface area contributed by atoms with Crippen LogP contribution in [0.2, 0.25) is 0 Å². The first-order chi connectivity index (χ1) is 7.55. The van der Waals surface area contributed by atoms with E-state index in [0.717, 1.165) is 5.75 Å². The summed E-state index contributed by atoms with van der Waals surface area (Å²) in [6, 6.07) is 0. The van der Waals surface area contributed by atoms with Gasteiger partial charge in [-0.05, 0) is 12.5 Å². The van der Waals surface area contributed by atoms with Gasteiger partial charge in [0, 0.05) is 15.7 Å². The number of carbonyl (C=O) groups is 1. The summed E-state index contributed by atoms with van der Waals surface area (Å²) >= 11 is 4.06. The van der Waals surface area contributed by atoms with Gasteiger partial charge >= 0.3 is 0 Å². The van der Waals surface area contributed by atoms with Crippen LogP contribution in [0.15, 0.2) is 0 Å². The summed E-state index contributed by atoms with van der Waals surface area (Å²) in [5, 5.41) is 5.88. The maximum atomic E-state index is 11.9. The van der Waals surface area contributed by atoms with Crippen LogP contribution in [0.4, 0.5) is 0 Å². The molecule has 5 heteroatoms. The second-order valence-corrected chi connectivity index (χ2v) is 9.99. The van der Waals surface area contributed by atoms with Crippen molar-refractivity contribution in [3.8, 4) is 0 Å². The second kappa shape index (κ2) is 7.19. The van der Waals surface area contributed by atoms with Crippen molar-refractivity contribution in [1.82, 2.24) is 10.6 Å². The van der Waals surface area contributed by atoms with Crippen molar-refractivity contribution in [3.63, 3.8) is 0 Å². The molecular weight excluding hydrogens is 347 g/mol. The SMILES string of the molecule is CNC(SCC(C)(C)I)C(=O)NCC(C)(C)C. The van der Waals surface area contributed by atoms with E-state index < -0.39 is 0 Å². The Morgan fingerprint density at radius 3 is 2.18 bits per heavy atom. The van der Waals surface area contributed by atoms with Crippen molar-refractivity contribution in [1.29, 1.82) is 0 Å². The molecule has 0 rings (SSSR count). The van der Waals surface area contributed by atoms with Crippen LogP contribution < -0.4 is 10.6 Å². The standard InChI is InChI=1S/C12H25IN2OS/c1-11(2,3)7-15-9(16)10(14-6)17-8-12(4,5)13/h10,14H,7-8H2,1-6H3,(H,15,16). The van der Waals surface area contributed by atoms with Gasteiger partial charge in [0.1, 0.15) is 5.37 Å². The van der Waals surface area contributed by atoms with E-state index in [2.05, 4.69) is 67.8 Å². The first-order valence-electron chi connectivity index (χ1n) is 5.81. The van der Waals surface area contributed by atoms with E-state index in [-0.39, 0.29) is 20.1 Å². The predicted molar refractivity (Wildman–Crippen MR) is 85.9 cm³/mol. The fraction of sp³-hybridized carbons (Fsp3) is 0.917. The Balaban J connectivity index is 4.14. The minimum Gasteiger partial charge on any atom is -0.353 e. The third-order valence-electron chi connectivity index (χ3n) is 1.89. The fourth-order valence-electron chi connectivity index (χ4n) is 1.02. The number of hydrogen-bond donors (Lipinski definition) is 2. The third kappa shape index (κ3) is 10.1. The zero-order chi connectivity index (χ0) is 13.7. The normalized spacial score (nSPS) is 14.5. The molecule has 0 radical (unpaired) electrons. The molecule has 0 heterocycles. The quantitative estimate of drug-likeness (QED) is 0.428. The van der Waals surface area contributed by atoms with E-state index in [0.29, 0.717) is 6.54 Å². The smallest absolute Gasteiger partial charge is 0.247 e. The Hall–Kier alpha value is 0.510. The Labute approximate surface area is 123 Å². The zero-order valence-electron chi connectivity index (χ0n) is 11.7. The van der Waals surface area contributed by atoms with E-state index in [1.54, 1.807) is 11.8 Å². The highest BCUT2D eigenvalue weighted by Gasteiger charge is 2.22. The number of thioether (sulfide) groups is 1. The number of hydrogen-bond acceptors (Lipinski definition) is 3. The first kappa shape index (κ1) is 17.5. The summed E-state index contributed by atoms with van der Waals surface area (Å²) in [5.74, 6) is 1.02. The molecule has 17 heavy (non-hydrogen) atoms. The molecular formula is C12H25IN2OS. The zero-order valence-corrected chi connectivity index (χ0v) is 14.7. The van der Waals surface area contributed by atoms with Crippen LogP contribution in [-0.2, 0) is 4.79 Å². The molecule has 2 N–H and O–H groups in total. The molecule has 0 aromatic carbocycles. The summed E-state index contributed by atoms with van der Waals surface area (Å²) in [4.78, 5) is 11.9. The van der Waals surface area contributed by atoms with Crippen LogP contribution in [0.25, 0.3) is 0 Å². The molecule has 102 valence electrons. The Kier molecular flexibility index (Phi) is 7.40. The molecule has 1 amide bonds. The van der Waals surface area contributed by atoms with Crippen LogP contribution >= 0.6 is 34.4 Å². The van der Waals surface area contributed by atoms with Gasteiger partial charge in [0.05, 0.1) is 0 Å². The lowest BCUT2D eigenvalue weighted by atomic mass is 9.97. The van der Waals surface area contributed by atoms with Crippen molar-refractivity contribution < 1.29 is 4.79 Å². The number of nitrogens with one attached hydrogen (secondary N) is 2. The average Bonchev–Trinajstić information content (AvgIpc) is 2.12. The Morgan fingerprint density at radius 2 is 1.82 bits per heavy atom. The number of amides is 1. The van der Waals surface area contributed by atoms with Gasteiger partial charge in [-0.25, -0.2) is 0 Å². The summed E-state index contributed by atoms with van der Waals surface area (Å²) in [5.41, 5.74) is 0.126. The molecule has 0 aromatic rings. The monoisotopic (exact) mass is 372 g/mol. The van der Waals surface area contributed by atoms with Gasteiger partial charge < -0.3 is 10.6 Å². The van der Waals surface area contributed by atoms with E-state index in [9.17, 15) is 4.79 Å². The lowest BCUT2D eigenvalue weighted by molar-refractivity contribution is -0.121. The minimum atomic E-state index is -0.161. The van der Waals surface area contributed by atoms with Gasteiger partial charge in [0.15, 0.2) is 0 Å². The number of rotatable bonds is 6. The van der Waals surface area contributed by atoms with Gasteiger partial charge in [-0.1, -0.05) is 57.2 Å². The van der Waals surface area contributed by atoms with Crippen molar-refractivity contribution >= 4 is 40.3 Å². The fourth-order valence-corrected chi connectivity index (χ4v) is 2.52. The summed E-state index contributed by atoms with van der Waals surface area (Å²) in [6.07, 6.45) is 0. The van der Waals surface area contributed by atoms with E-state index in [4.69, 9.17) is 0 Å². The number of alkyl halides is 1. The van der Waals surface area contributed by atoms with Crippen LogP contribution in [0.3, 0.4) is 0 Å². The van der Waals surface area contributed by atoms with Crippen molar-refractivity contribution in [3.05, 3.63) is 0 Å². The predicted octanol–water partition coefficient (Wildman–Crippen LogP) is 2.64. The molecule has 0 aliphatic carbocycles. The Bertz CT molecular complexity index is 246. The number of halogens is 1. The first-order valence-corrected chi connectivity index (χ1v) is 7.93. The van der Waals surface area contributed by atoms with Crippen LogP contribution in [0.1, 0.15) is 34.6 Å². The highest BCUT2D eigenvalue weighted by Crippen LogP contribution is 2.24. The van der Waals surface area contributed by atoms with Gasteiger partial charge in [0.2, 0.25) is 5.91 Å². The highest BCUT2D eigenvalue weighted by atomic mass is 127. The van der Waals surface area contributed by atoms with Crippen molar-refractivity contribution in [2.24, 2.45) is 5.41 Å². The average molecular weight is 372 g/mol. The molecule has 3 nitrogen and oxygen atoms in total. The number of likely N-dealkylation sites (N-methyl/N-ethyl adjacent to an activating group) is 1. The minimum absolute atomic E-state index is 0.0769. The van der Waals surface area contributed by atoms with Gasteiger partial charge in [-0.2, -0.15) is 0 Å². The topological polar surface area (TPSA) is 41.1 Å². The van der Waals surface area contributed by atoms with Gasteiger partial charge in [0.25, 0.3) is 0 Å². The molecule has 1 unspecified atom stereocenters. The third-order valence-corrected chi connectivity index (χ3v) is 4.46. The largest absolute Gasteiger partial charge is 0.353 e. The molecule has 0 saturated heterocycles. The molecule has 0 aliphatic rings. The number of carbonyl (C=O) groups excluding carboxylic acids is 1. The summed E-state index contributed by atoms with van der Waals surface area (Å²) < 4.78 is 0.210. The lowest BCUT2D eigenvalue weighted by Gasteiger charge is -2.23. The molecule has 1 atom stereocenters. The van der Waals surface area contributed by atoms with E-state index >= 15 is 0 Å². The maximum absolute atomic E-state index is 11.9. The van der Waals surface area contributed by atoms with Gasteiger partial charge in [-0.15, -0.1) is 11.8 Å². The summed E-state index contributed by atoms with van der Waals surface area (Å²) in [7, 11) is 1.83. The van der Waals surface area contributed by atoms with Crippen LogP contribution in [0.5, 0.6) is 0 Å². The van der Waals surface area contributed by atoms with Crippen LogP contribution in [-0.4, -0.2) is 34.0 Å².